The van der Waals surface area contributed by atoms with Gasteiger partial charge in [-0.1, -0.05) is 0 Å². The van der Waals surface area contributed by atoms with Gasteiger partial charge < -0.3 is 10.0 Å². The minimum Gasteiger partial charge on any atom is -0.480 e. The predicted molar refractivity (Wildman–Crippen MR) is 70.9 cm³/mol. The molecule has 2 rings (SSSR count). The van der Waals surface area contributed by atoms with E-state index in [1.54, 1.807) is 6.92 Å². The summed E-state index contributed by atoms with van der Waals surface area (Å²) in [5, 5.41) is 9.15. The van der Waals surface area contributed by atoms with Crippen molar-refractivity contribution in [1.29, 1.82) is 0 Å². The Balaban J connectivity index is 2.28. The molecule has 19 heavy (non-hydrogen) atoms. The second-order valence-electron chi connectivity index (χ2n) is 4.39. The topological polar surface area (TPSA) is 57.6 Å². The van der Waals surface area contributed by atoms with Crippen LogP contribution in [0.4, 0.5) is 4.39 Å². The van der Waals surface area contributed by atoms with Crippen LogP contribution in [0.5, 0.6) is 0 Å². The Bertz CT molecular complexity index is 521. The first-order valence-electron chi connectivity index (χ1n) is 5.88. The summed E-state index contributed by atoms with van der Waals surface area (Å²) < 4.78 is 13.0. The molecule has 102 valence electrons. The molecule has 0 saturated carbocycles. The molecule has 0 aliphatic carbocycles. The van der Waals surface area contributed by atoms with Crippen LogP contribution >= 0.6 is 11.8 Å². The van der Waals surface area contributed by atoms with E-state index < -0.39 is 17.8 Å². The van der Waals surface area contributed by atoms with Crippen LogP contribution in [-0.2, 0) is 4.79 Å². The molecule has 1 aromatic carbocycles. The fourth-order valence-corrected chi connectivity index (χ4v) is 3.11. The Morgan fingerprint density at radius 1 is 1.47 bits per heavy atom. The first-order chi connectivity index (χ1) is 9.00. The molecule has 0 spiro atoms. The van der Waals surface area contributed by atoms with Gasteiger partial charge in [0.1, 0.15) is 11.9 Å². The molecule has 4 nitrogen and oxygen atoms in total. The highest BCUT2D eigenvalue weighted by Crippen LogP contribution is 2.21. The van der Waals surface area contributed by atoms with Crippen molar-refractivity contribution in [3.05, 3.63) is 35.1 Å². The molecule has 1 unspecified atom stereocenters. The zero-order valence-corrected chi connectivity index (χ0v) is 11.2. The van der Waals surface area contributed by atoms with Crippen LogP contribution in [-0.4, -0.2) is 46.0 Å². The zero-order chi connectivity index (χ0) is 14.0. The van der Waals surface area contributed by atoms with Gasteiger partial charge in [0.2, 0.25) is 0 Å². The number of carboxylic acids is 1. The predicted octanol–water partition coefficient (Wildman–Crippen LogP) is 1.78. The number of nitrogens with zero attached hydrogens (tertiary/aromatic N) is 1. The summed E-state index contributed by atoms with van der Waals surface area (Å²) >= 11 is 1.52. The number of benzene rings is 1. The third-order valence-electron chi connectivity index (χ3n) is 3.09. The molecule has 1 aliphatic heterocycles. The molecule has 1 fully saturated rings. The van der Waals surface area contributed by atoms with Crippen LogP contribution in [0.25, 0.3) is 0 Å². The van der Waals surface area contributed by atoms with E-state index in [1.807, 2.05) is 0 Å². The summed E-state index contributed by atoms with van der Waals surface area (Å²) in [5.74, 6) is -0.639. The third-order valence-corrected chi connectivity index (χ3v) is 4.12. The largest absolute Gasteiger partial charge is 0.480 e. The lowest BCUT2D eigenvalue weighted by Gasteiger charge is -2.33. The fourth-order valence-electron chi connectivity index (χ4n) is 2.07. The summed E-state index contributed by atoms with van der Waals surface area (Å²) in [6.45, 7) is 2.04. The summed E-state index contributed by atoms with van der Waals surface area (Å²) in [6, 6.07) is 3.10. The number of carbonyl (C=O) groups excluding carboxylic acids is 1. The van der Waals surface area contributed by atoms with Gasteiger partial charge in [0.15, 0.2) is 0 Å². The lowest BCUT2D eigenvalue weighted by Crippen LogP contribution is -2.50. The first kappa shape index (κ1) is 13.9. The SMILES string of the molecule is Cc1cc(F)ccc1C(=O)N1CCSCC1C(=O)O. The number of aryl methyl sites for hydroxylation is 1. The van der Waals surface area contributed by atoms with Gasteiger partial charge in [-0.25, -0.2) is 9.18 Å². The van der Waals surface area contributed by atoms with Crippen LogP contribution < -0.4 is 0 Å². The highest BCUT2D eigenvalue weighted by atomic mass is 32.2. The maximum atomic E-state index is 13.0. The van der Waals surface area contributed by atoms with Gasteiger partial charge in [-0.15, -0.1) is 0 Å². The van der Waals surface area contributed by atoms with Crippen LogP contribution in [0.15, 0.2) is 18.2 Å². The van der Waals surface area contributed by atoms with E-state index in [1.165, 1.54) is 34.9 Å². The van der Waals surface area contributed by atoms with E-state index in [2.05, 4.69) is 0 Å². The number of hydrogen-bond acceptors (Lipinski definition) is 3. The molecule has 1 aromatic rings. The number of rotatable bonds is 2. The number of amides is 1. The van der Waals surface area contributed by atoms with E-state index in [0.717, 1.165) is 5.75 Å². The Hall–Kier alpha value is -1.56. The van der Waals surface area contributed by atoms with E-state index in [4.69, 9.17) is 5.11 Å². The maximum Gasteiger partial charge on any atom is 0.327 e. The Morgan fingerprint density at radius 2 is 2.21 bits per heavy atom. The summed E-state index contributed by atoms with van der Waals surface area (Å²) in [6.07, 6.45) is 0. The van der Waals surface area contributed by atoms with E-state index in [0.29, 0.717) is 23.4 Å². The smallest absolute Gasteiger partial charge is 0.327 e. The minimum absolute atomic E-state index is 0.342. The highest BCUT2D eigenvalue weighted by molar-refractivity contribution is 7.99. The van der Waals surface area contributed by atoms with Crippen molar-refractivity contribution in [3.63, 3.8) is 0 Å². The van der Waals surface area contributed by atoms with Crippen molar-refractivity contribution in [3.8, 4) is 0 Å². The van der Waals surface area contributed by atoms with Crippen LogP contribution in [0.1, 0.15) is 15.9 Å². The third kappa shape index (κ3) is 2.89. The molecule has 1 atom stereocenters. The second-order valence-corrected chi connectivity index (χ2v) is 5.54. The van der Waals surface area contributed by atoms with Crippen LogP contribution in [0.2, 0.25) is 0 Å². The number of aliphatic carboxylic acids is 1. The van der Waals surface area contributed by atoms with Crippen molar-refractivity contribution in [2.24, 2.45) is 0 Å². The van der Waals surface area contributed by atoms with Gasteiger partial charge in [0, 0.05) is 23.6 Å². The molecule has 1 aliphatic rings. The van der Waals surface area contributed by atoms with Crippen LogP contribution in [0, 0.1) is 12.7 Å². The molecule has 0 aromatic heterocycles. The van der Waals surface area contributed by atoms with Gasteiger partial charge in [0.05, 0.1) is 0 Å². The molecule has 6 heteroatoms. The van der Waals surface area contributed by atoms with Gasteiger partial charge >= 0.3 is 5.97 Å². The Labute approximate surface area is 114 Å². The van der Waals surface area contributed by atoms with Crippen molar-refractivity contribution < 1.29 is 19.1 Å². The summed E-state index contributed by atoms with van der Waals surface area (Å²) in [4.78, 5) is 24.9. The van der Waals surface area contributed by atoms with Crippen LogP contribution in [0.3, 0.4) is 0 Å². The molecule has 0 radical (unpaired) electrons. The van der Waals surface area contributed by atoms with Gasteiger partial charge in [-0.3, -0.25) is 4.79 Å². The maximum absolute atomic E-state index is 13.0. The molecule has 1 N–H and O–H groups in total. The van der Waals surface area contributed by atoms with E-state index >= 15 is 0 Å². The molecule has 0 bridgehead atoms. The van der Waals surface area contributed by atoms with Gasteiger partial charge in [-0.2, -0.15) is 11.8 Å². The van der Waals surface area contributed by atoms with Crippen molar-refractivity contribution in [1.82, 2.24) is 4.90 Å². The number of halogens is 1. The molecule has 1 amide bonds. The molecule has 1 saturated heterocycles. The minimum atomic E-state index is -1.000. The number of carbonyl (C=O) groups is 2. The Morgan fingerprint density at radius 3 is 2.84 bits per heavy atom. The van der Waals surface area contributed by atoms with Crippen molar-refractivity contribution in [2.75, 3.05) is 18.1 Å². The standard InChI is InChI=1S/C13H14FNO3S/c1-8-6-9(14)2-3-10(8)12(16)15-4-5-19-7-11(15)13(17)18/h2-3,6,11H,4-5,7H2,1H3,(H,17,18). The number of hydrogen-bond donors (Lipinski definition) is 1. The average molecular weight is 283 g/mol. The Kier molecular flexibility index (Phi) is 4.09. The highest BCUT2D eigenvalue weighted by Gasteiger charge is 2.33. The van der Waals surface area contributed by atoms with E-state index in [9.17, 15) is 14.0 Å². The lowest BCUT2D eigenvalue weighted by atomic mass is 10.1. The van der Waals surface area contributed by atoms with Gasteiger partial charge in [-0.05, 0) is 30.7 Å². The van der Waals surface area contributed by atoms with Crippen molar-refractivity contribution >= 4 is 23.6 Å². The van der Waals surface area contributed by atoms with E-state index in [-0.39, 0.29) is 5.91 Å². The zero-order valence-electron chi connectivity index (χ0n) is 10.4. The van der Waals surface area contributed by atoms with Gasteiger partial charge in [0.25, 0.3) is 5.91 Å². The fraction of sp³-hybridized carbons (Fsp3) is 0.385. The second kappa shape index (κ2) is 5.61. The molecular formula is C13H14FNO3S. The normalized spacial score (nSPS) is 19.3. The lowest BCUT2D eigenvalue weighted by molar-refractivity contribution is -0.141. The number of thioether (sulfide) groups is 1. The first-order valence-corrected chi connectivity index (χ1v) is 7.04. The molecular weight excluding hydrogens is 269 g/mol. The van der Waals surface area contributed by atoms with Crippen molar-refractivity contribution in [2.45, 2.75) is 13.0 Å². The summed E-state index contributed by atoms with van der Waals surface area (Å²) in [7, 11) is 0. The average Bonchev–Trinajstić information content (AvgIpc) is 2.38. The summed E-state index contributed by atoms with van der Waals surface area (Å²) in [5.41, 5.74) is 0.881. The quantitative estimate of drug-likeness (QED) is 0.899. The molecule has 1 heterocycles. The monoisotopic (exact) mass is 283 g/mol. The number of carboxylic acid groups (broad SMARTS) is 1.